The van der Waals surface area contributed by atoms with E-state index in [1.54, 1.807) is 6.07 Å². The molecule has 0 aliphatic carbocycles. The molecule has 7 nitrogen and oxygen atoms in total. The number of nitro benzene ring substituents is 1. The Morgan fingerprint density at radius 3 is 2.50 bits per heavy atom. The molecule has 1 heterocycles. The van der Waals surface area contributed by atoms with E-state index in [-0.39, 0.29) is 24.1 Å². The fourth-order valence-corrected chi connectivity index (χ4v) is 2.09. The third-order valence-electron chi connectivity index (χ3n) is 3.03. The van der Waals surface area contributed by atoms with Crippen LogP contribution in [0.3, 0.4) is 0 Å². The molecule has 1 N–H and O–H groups in total. The lowest BCUT2D eigenvalue weighted by Gasteiger charge is -2.24. The first-order chi connectivity index (χ1) is 9.17. The van der Waals surface area contributed by atoms with Crippen molar-refractivity contribution in [1.82, 2.24) is 5.32 Å². The predicted octanol–water partition coefficient (Wildman–Crippen LogP) is 1.69. The molecule has 0 saturated carbocycles. The average Bonchev–Trinajstić information content (AvgIpc) is 2.46. The minimum Gasteiger partial charge on any atom is -0.493 e. The molecule has 1 aromatic rings. The number of rotatable bonds is 4. The zero-order valence-electron chi connectivity index (χ0n) is 11.3. The normalized spacial score (nSPS) is 18.0. The fourth-order valence-electron chi connectivity index (χ4n) is 2.09. The topological polar surface area (TPSA) is 82.9 Å². The SMILES string of the molecule is COc1cc([C@@H]2COCCN2)c([N+](=O)[O-])cc1OC.Cl. The van der Waals surface area contributed by atoms with Gasteiger partial charge in [-0.15, -0.1) is 12.4 Å². The summed E-state index contributed by atoms with van der Waals surface area (Å²) >= 11 is 0. The lowest BCUT2D eigenvalue weighted by Crippen LogP contribution is -2.34. The Kier molecular flexibility index (Phi) is 6.00. The highest BCUT2D eigenvalue weighted by Gasteiger charge is 2.27. The van der Waals surface area contributed by atoms with E-state index < -0.39 is 4.92 Å². The number of hydrogen-bond donors (Lipinski definition) is 1. The standard InChI is InChI=1S/C12H16N2O5.ClH/c1-17-11-5-8(9-7-19-4-3-13-9)10(14(15)16)6-12(11)18-2;/h5-6,9,13H,3-4,7H2,1-2H3;1H/t9-;/m0./s1. The first-order valence-corrected chi connectivity index (χ1v) is 5.88. The van der Waals surface area contributed by atoms with E-state index in [9.17, 15) is 10.1 Å². The molecule has 8 heteroatoms. The molecule has 0 unspecified atom stereocenters. The second-order valence-electron chi connectivity index (χ2n) is 4.10. The second-order valence-corrected chi connectivity index (χ2v) is 4.10. The van der Waals surface area contributed by atoms with Gasteiger partial charge in [0.05, 0.1) is 50.0 Å². The molecular formula is C12H17ClN2O5. The Hall–Kier alpha value is -1.57. The molecule has 1 aliphatic rings. The van der Waals surface area contributed by atoms with Crippen LogP contribution in [0.4, 0.5) is 5.69 Å². The zero-order valence-corrected chi connectivity index (χ0v) is 12.1. The number of ether oxygens (including phenoxy) is 3. The minimum absolute atomic E-state index is 0. The lowest BCUT2D eigenvalue weighted by atomic mass is 10.0. The highest BCUT2D eigenvalue weighted by Crippen LogP contribution is 2.37. The number of nitro groups is 1. The Balaban J connectivity index is 0.00000200. The van der Waals surface area contributed by atoms with Gasteiger partial charge in [0.2, 0.25) is 0 Å². The lowest BCUT2D eigenvalue weighted by molar-refractivity contribution is -0.386. The van der Waals surface area contributed by atoms with Crippen molar-refractivity contribution in [2.75, 3.05) is 34.0 Å². The number of nitrogens with one attached hydrogen (secondary N) is 1. The van der Waals surface area contributed by atoms with Crippen molar-refractivity contribution >= 4 is 18.1 Å². The molecule has 0 bridgehead atoms. The van der Waals surface area contributed by atoms with E-state index in [0.29, 0.717) is 36.8 Å². The van der Waals surface area contributed by atoms with Crippen molar-refractivity contribution in [2.45, 2.75) is 6.04 Å². The number of hydrogen-bond acceptors (Lipinski definition) is 6. The zero-order chi connectivity index (χ0) is 13.8. The maximum Gasteiger partial charge on any atom is 0.278 e. The maximum absolute atomic E-state index is 11.2. The van der Waals surface area contributed by atoms with E-state index >= 15 is 0 Å². The Morgan fingerprint density at radius 2 is 2.00 bits per heavy atom. The number of benzene rings is 1. The van der Waals surface area contributed by atoms with Gasteiger partial charge >= 0.3 is 0 Å². The summed E-state index contributed by atoms with van der Waals surface area (Å²) in [4.78, 5) is 10.7. The summed E-state index contributed by atoms with van der Waals surface area (Å²) in [6, 6.07) is 2.79. The number of morpholine rings is 1. The van der Waals surface area contributed by atoms with Crippen molar-refractivity contribution < 1.29 is 19.1 Å². The largest absolute Gasteiger partial charge is 0.493 e. The van der Waals surface area contributed by atoms with Crippen LogP contribution in [0.5, 0.6) is 11.5 Å². The van der Waals surface area contributed by atoms with Crippen molar-refractivity contribution in [3.05, 3.63) is 27.8 Å². The summed E-state index contributed by atoms with van der Waals surface area (Å²) in [5.74, 6) is 0.810. The fraction of sp³-hybridized carbons (Fsp3) is 0.500. The number of halogens is 1. The Bertz CT molecular complexity index is 477. The molecule has 0 amide bonds. The third-order valence-corrected chi connectivity index (χ3v) is 3.03. The van der Waals surface area contributed by atoms with Gasteiger partial charge in [0.25, 0.3) is 5.69 Å². The third kappa shape index (κ3) is 3.30. The van der Waals surface area contributed by atoms with Crippen LogP contribution in [0.25, 0.3) is 0 Å². The molecule has 1 atom stereocenters. The van der Waals surface area contributed by atoms with Crippen molar-refractivity contribution in [2.24, 2.45) is 0 Å². The van der Waals surface area contributed by atoms with Crippen LogP contribution in [0.2, 0.25) is 0 Å². The molecule has 112 valence electrons. The molecule has 1 aromatic carbocycles. The van der Waals surface area contributed by atoms with Gasteiger partial charge in [-0.05, 0) is 6.07 Å². The van der Waals surface area contributed by atoms with E-state index in [1.807, 2.05) is 0 Å². The van der Waals surface area contributed by atoms with Gasteiger partial charge in [0.1, 0.15) is 0 Å². The van der Waals surface area contributed by atoms with E-state index in [0.717, 1.165) is 0 Å². The van der Waals surface area contributed by atoms with Crippen molar-refractivity contribution in [1.29, 1.82) is 0 Å². The molecule has 0 spiro atoms. The highest BCUT2D eigenvalue weighted by atomic mass is 35.5. The van der Waals surface area contributed by atoms with Gasteiger partial charge in [0, 0.05) is 6.54 Å². The van der Waals surface area contributed by atoms with Crippen LogP contribution in [-0.4, -0.2) is 38.9 Å². The Morgan fingerprint density at radius 1 is 1.35 bits per heavy atom. The van der Waals surface area contributed by atoms with E-state index in [1.165, 1.54) is 20.3 Å². The molecule has 2 rings (SSSR count). The molecule has 20 heavy (non-hydrogen) atoms. The van der Waals surface area contributed by atoms with Gasteiger partial charge in [-0.1, -0.05) is 0 Å². The molecule has 0 aromatic heterocycles. The summed E-state index contributed by atoms with van der Waals surface area (Å²) in [7, 11) is 2.95. The number of nitrogens with zero attached hydrogens (tertiary/aromatic N) is 1. The van der Waals surface area contributed by atoms with Crippen LogP contribution >= 0.6 is 12.4 Å². The van der Waals surface area contributed by atoms with Gasteiger partial charge in [-0.2, -0.15) is 0 Å². The molecule has 1 saturated heterocycles. The highest BCUT2D eigenvalue weighted by molar-refractivity contribution is 5.85. The maximum atomic E-state index is 11.2. The van der Waals surface area contributed by atoms with Crippen LogP contribution in [0.1, 0.15) is 11.6 Å². The van der Waals surface area contributed by atoms with Gasteiger partial charge < -0.3 is 19.5 Å². The monoisotopic (exact) mass is 304 g/mol. The predicted molar refractivity (Wildman–Crippen MR) is 75.0 cm³/mol. The molecule has 1 aliphatic heterocycles. The van der Waals surface area contributed by atoms with Crippen LogP contribution < -0.4 is 14.8 Å². The molecule has 1 fully saturated rings. The molecular weight excluding hydrogens is 288 g/mol. The van der Waals surface area contributed by atoms with Gasteiger partial charge in [0.15, 0.2) is 11.5 Å². The molecule has 0 radical (unpaired) electrons. The Labute approximate surface area is 122 Å². The van der Waals surface area contributed by atoms with Crippen molar-refractivity contribution in [3.8, 4) is 11.5 Å². The quantitative estimate of drug-likeness (QED) is 0.673. The number of methoxy groups -OCH3 is 2. The summed E-state index contributed by atoms with van der Waals surface area (Å²) in [5.41, 5.74) is 0.544. The van der Waals surface area contributed by atoms with E-state index in [4.69, 9.17) is 14.2 Å². The summed E-state index contributed by atoms with van der Waals surface area (Å²) in [5, 5.41) is 14.4. The van der Waals surface area contributed by atoms with Crippen LogP contribution in [-0.2, 0) is 4.74 Å². The average molecular weight is 305 g/mol. The van der Waals surface area contributed by atoms with Crippen LogP contribution in [0, 0.1) is 10.1 Å². The summed E-state index contributed by atoms with van der Waals surface area (Å²) < 4.78 is 15.6. The van der Waals surface area contributed by atoms with Gasteiger partial charge in [-0.25, -0.2) is 0 Å². The van der Waals surface area contributed by atoms with Gasteiger partial charge in [-0.3, -0.25) is 10.1 Å². The summed E-state index contributed by atoms with van der Waals surface area (Å²) in [6.07, 6.45) is 0. The minimum atomic E-state index is -0.423. The van der Waals surface area contributed by atoms with Crippen molar-refractivity contribution in [3.63, 3.8) is 0 Å². The van der Waals surface area contributed by atoms with Crippen LogP contribution in [0.15, 0.2) is 12.1 Å². The van der Waals surface area contributed by atoms with E-state index in [2.05, 4.69) is 5.32 Å². The second kappa shape index (κ2) is 7.28. The first-order valence-electron chi connectivity index (χ1n) is 5.88. The summed E-state index contributed by atoms with van der Waals surface area (Å²) in [6.45, 7) is 1.67. The first kappa shape index (κ1) is 16.5. The smallest absolute Gasteiger partial charge is 0.278 e.